The number of phenols is 4. The Morgan fingerprint density at radius 3 is 0.667 bits per heavy atom. The van der Waals surface area contributed by atoms with Crippen LogP contribution in [0.2, 0.25) is 0 Å². The third-order valence-corrected chi connectivity index (χ3v) is 9.76. The number of nitrogens with zero attached hydrogens (tertiary/aromatic N) is 4. The summed E-state index contributed by atoms with van der Waals surface area (Å²) >= 11 is 0. The van der Waals surface area contributed by atoms with Gasteiger partial charge in [0.1, 0.15) is 23.0 Å². The van der Waals surface area contributed by atoms with Gasteiger partial charge in [-0.3, -0.25) is 9.59 Å². The predicted molar refractivity (Wildman–Crippen MR) is 249 cm³/mol. The Kier molecular flexibility index (Phi) is 16.5. The van der Waals surface area contributed by atoms with E-state index in [2.05, 4.69) is 0 Å². The van der Waals surface area contributed by atoms with Gasteiger partial charge in [0.2, 0.25) is 0 Å². The number of aromatic nitrogens is 4. The van der Waals surface area contributed by atoms with E-state index in [1.807, 2.05) is 121 Å². The topological polar surface area (TPSA) is 207 Å². The van der Waals surface area contributed by atoms with E-state index < -0.39 is 11.9 Å². The van der Waals surface area contributed by atoms with Crippen molar-refractivity contribution < 1.29 is 73.8 Å². The summed E-state index contributed by atoms with van der Waals surface area (Å²) in [5, 5.41) is 59.5. The van der Waals surface area contributed by atoms with Crippen LogP contribution in [0.15, 0.2) is 170 Å². The smallest absolute Gasteiger partial charge is 0.300 e. The zero-order valence-electron chi connectivity index (χ0n) is 35.1. The number of fused-ring (bicyclic) bond motifs is 6. The molecule has 0 atom stereocenters. The average Bonchev–Trinajstić information content (AvgIpc) is 3.29. The SMILES string of the molecule is CC(=O)O.CC(=O)O.Oc1ccccc1-c1ccc2ccc3ccc(-c4ccccc4O)nc3c2n1.Oc1ccccc1-c1ccc2ccc3ccc(-c4ccccc4O)nc3c2n1.[Co].[Co]. The minimum absolute atomic E-state index is 0. The van der Waals surface area contributed by atoms with Crippen molar-refractivity contribution in [3.05, 3.63) is 170 Å². The average molecular weight is 967 g/mol. The number of para-hydroxylation sites is 4. The Morgan fingerprint density at radius 1 is 0.318 bits per heavy atom. The standard InChI is InChI=1S/2C24H16N2O2.2C2H4O2.2Co/c2*27-21-7-3-1-5-17(21)19-13-11-15-9-10-16-12-14-20(26-24(16)23(15)25-19)18-6-2-4-8-22(18)28;2*1-2(3)4;;/h2*1-14,27-28H;2*1H3,(H,3,4);;. The Labute approximate surface area is 399 Å². The molecule has 0 bridgehead atoms. The van der Waals surface area contributed by atoms with Gasteiger partial charge in [0.05, 0.1) is 44.8 Å². The molecule has 0 saturated heterocycles. The maximum absolute atomic E-state index is 10.2. The van der Waals surface area contributed by atoms with E-state index in [0.717, 1.165) is 57.5 Å². The maximum atomic E-state index is 10.2. The number of hydrogen-bond donors (Lipinski definition) is 6. The van der Waals surface area contributed by atoms with Crippen molar-refractivity contribution in [3.63, 3.8) is 0 Å². The van der Waals surface area contributed by atoms with Crippen molar-refractivity contribution in [2.45, 2.75) is 13.8 Å². The number of aromatic hydroxyl groups is 4. The van der Waals surface area contributed by atoms with Crippen LogP contribution in [-0.2, 0) is 43.1 Å². The quantitative estimate of drug-likeness (QED) is 0.0911. The summed E-state index contributed by atoms with van der Waals surface area (Å²) in [7, 11) is 0. The van der Waals surface area contributed by atoms with Gasteiger partial charge in [-0.1, -0.05) is 97.1 Å². The molecule has 12 nitrogen and oxygen atoms in total. The second-order valence-corrected chi connectivity index (χ2v) is 14.3. The molecule has 0 spiro atoms. The van der Waals surface area contributed by atoms with Crippen LogP contribution in [0.3, 0.4) is 0 Å². The van der Waals surface area contributed by atoms with Gasteiger partial charge in [0.15, 0.2) is 0 Å². The molecule has 4 heterocycles. The fourth-order valence-corrected chi connectivity index (χ4v) is 6.90. The number of benzene rings is 6. The molecule has 4 aromatic heterocycles. The number of carboxylic acid groups (broad SMARTS) is 2. The molecule has 10 aromatic rings. The van der Waals surface area contributed by atoms with Crippen molar-refractivity contribution in [2.24, 2.45) is 0 Å². The monoisotopic (exact) mass is 966 g/mol. The van der Waals surface area contributed by atoms with Gasteiger partial charge >= 0.3 is 0 Å². The minimum Gasteiger partial charge on any atom is -0.507 e. The first kappa shape index (κ1) is 49.1. The molecule has 10 rings (SSSR count). The Balaban J connectivity index is 0.000000208. The summed E-state index contributed by atoms with van der Waals surface area (Å²) in [6.07, 6.45) is 0. The van der Waals surface area contributed by atoms with Gasteiger partial charge in [0.25, 0.3) is 11.9 Å². The minimum atomic E-state index is -0.833. The summed E-state index contributed by atoms with van der Waals surface area (Å²) in [6, 6.07) is 52.2. The molecule has 6 aromatic carbocycles. The summed E-state index contributed by atoms with van der Waals surface area (Å²) in [5.74, 6) is -0.898. The fraction of sp³-hybridized carbons (Fsp3) is 0.0385. The van der Waals surface area contributed by atoms with Crippen LogP contribution in [0.5, 0.6) is 23.0 Å². The normalized spacial score (nSPS) is 10.2. The van der Waals surface area contributed by atoms with E-state index in [4.69, 9.17) is 39.7 Å². The Bertz CT molecular complexity index is 2910. The predicted octanol–water partition coefficient (Wildman–Crippen LogP) is 11.2. The summed E-state index contributed by atoms with van der Waals surface area (Å²) in [6.45, 7) is 2.17. The van der Waals surface area contributed by atoms with E-state index in [-0.39, 0.29) is 56.6 Å². The largest absolute Gasteiger partial charge is 0.507 e. The first-order valence-electron chi connectivity index (χ1n) is 19.8. The summed E-state index contributed by atoms with van der Waals surface area (Å²) in [4.78, 5) is 37.2. The van der Waals surface area contributed by atoms with Crippen molar-refractivity contribution in [1.29, 1.82) is 0 Å². The Morgan fingerprint density at radius 2 is 0.485 bits per heavy atom. The number of pyridine rings is 4. The second-order valence-electron chi connectivity index (χ2n) is 14.3. The molecule has 0 aliphatic carbocycles. The van der Waals surface area contributed by atoms with Gasteiger partial charge in [-0.2, -0.15) is 0 Å². The van der Waals surface area contributed by atoms with Crippen molar-refractivity contribution in [2.75, 3.05) is 0 Å². The molecule has 0 fully saturated rings. The van der Waals surface area contributed by atoms with Gasteiger partial charge in [-0.15, -0.1) is 0 Å². The first-order valence-corrected chi connectivity index (χ1v) is 19.8. The summed E-state index contributed by atoms with van der Waals surface area (Å²) in [5.41, 5.74) is 8.51. The molecular weight excluding hydrogens is 926 g/mol. The van der Waals surface area contributed by atoms with E-state index in [9.17, 15) is 20.4 Å². The number of carbonyl (C=O) groups is 2. The van der Waals surface area contributed by atoms with Crippen molar-refractivity contribution in [1.82, 2.24) is 19.9 Å². The molecule has 0 aliphatic rings. The molecule has 0 unspecified atom stereocenters. The number of aliphatic carboxylic acids is 2. The van der Waals surface area contributed by atoms with E-state index in [1.54, 1.807) is 48.5 Å². The zero-order valence-corrected chi connectivity index (χ0v) is 37.2. The van der Waals surface area contributed by atoms with Gasteiger partial charge in [0, 0.05) is 91.2 Å². The van der Waals surface area contributed by atoms with Gasteiger partial charge in [-0.05, 0) is 72.8 Å². The molecular formula is C52H40Co2N4O8. The van der Waals surface area contributed by atoms with Crippen LogP contribution in [0.25, 0.3) is 88.6 Å². The van der Waals surface area contributed by atoms with E-state index >= 15 is 0 Å². The molecule has 0 amide bonds. The number of phenolic OH excluding ortho intramolecular Hbond substituents is 4. The van der Waals surface area contributed by atoms with Crippen LogP contribution >= 0.6 is 0 Å². The number of carboxylic acids is 2. The van der Waals surface area contributed by atoms with E-state index in [1.165, 1.54) is 0 Å². The molecule has 6 N–H and O–H groups in total. The van der Waals surface area contributed by atoms with E-state index in [0.29, 0.717) is 45.0 Å². The molecule has 334 valence electrons. The van der Waals surface area contributed by atoms with Crippen LogP contribution in [0.1, 0.15) is 13.8 Å². The van der Waals surface area contributed by atoms with Crippen molar-refractivity contribution in [3.8, 4) is 68.0 Å². The molecule has 14 heteroatoms. The molecule has 0 aliphatic heterocycles. The Hall–Kier alpha value is -7.89. The summed E-state index contributed by atoms with van der Waals surface area (Å²) < 4.78 is 0. The number of hydrogen-bond acceptors (Lipinski definition) is 10. The van der Waals surface area contributed by atoms with Gasteiger partial charge < -0.3 is 30.6 Å². The molecule has 2 radical (unpaired) electrons. The third kappa shape index (κ3) is 11.4. The van der Waals surface area contributed by atoms with Crippen LogP contribution in [0.4, 0.5) is 0 Å². The molecule has 66 heavy (non-hydrogen) atoms. The second kappa shape index (κ2) is 22.1. The van der Waals surface area contributed by atoms with Crippen LogP contribution < -0.4 is 0 Å². The van der Waals surface area contributed by atoms with Gasteiger partial charge in [-0.25, -0.2) is 19.9 Å². The van der Waals surface area contributed by atoms with Crippen molar-refractivity contribution >= 4 is 55.6 Å². The first-order chi connectivity index (χ1) is 30.9. The molecule has 0 saturated carbocycles. The zero-order chi connectivity index (χ0) is 45.3. The van der Waals surface area contributed by atoms with Crippen LogP contribution in [0, 0.1) is 0 Å². The van der Waals surface area contributed by atoms with Crippen LogP contribution in [-0.4, -0.2) is 62.5 Å². The third-order valence-electron chi connectivity index (χ3n) is 9.76. The fourth-order valence-electron chi connectivity index (χ4n) is 6.90. The maximum Gasteiger partial charge on any atom is 0.300 e. The number of rotatable bonds is 4.